The molecule has 0 radical (unpaired) electrons. The molecule has 0 fully saturated rings. The number of nitrogens with one attached hydrogen (secondary N) is 1. The van der Waals surface area contributed by atoms with Gasteiger partial charge in [0.1, 0.15) is 0 Å². The van der Waals surface area contributed by atoms with Gasteiger partial charge in [0.2, 0.25) is 0 Å². The third-order valence-electron chi connectivity index (χ3n) is 2.58. The molecule has 0 unspecified atom stereocenters. The zero-order valence-electron chi connectivity index (χ0n) is 10.9. The van der Waals surface area contributed by atoms with Gasteiger partial charge in [-0.15, -0.1) is 0 Å². The average molecular weight is 383 g/mol. The van der Waals surface area contributed by atoms with E-state index in [0.29, 0.717) is 29.9 Å². The fourth-order valence-electron chi connectivity index (χ4n) is 1.64. The van der Waals surface area contributed by atoms with Crippen molar-refractivity contribution in [1.29, 1.82) is 0 Å². The van der Waals surface area contributed by atoms with Gasteiger partial charge in [-0.3, -0.25) is 0 Å². The molecule has 19 heavy (non-hydrogen) atoms. The summed E-state index contributed by atoms with van der Waals surface area (Å²) < 4.78 is 3.01. The molecular weight excluding hydrogens is 364 g/mol. The second-order valence-corrected chi connectivity index (χ2v) is 8.98. The SMILES string of the molecule is c1ccc([Se]CCNCC[Se]c2ccccc2)cc1. The van der Waals surface area contributed by atoms with Crippen LogP contribution < -0.4 is 14.2 Å². The van der Waals surface area contributed by atoms with Crippen LogP contribution in [0.15, 0.2) is 60.7 Å². The van der Waals surface area contributed by atoms with Gasteiger partial charge in [0, 0.05) is 0 Å². The minimum absolute atomic E-state index is 0.624. The Labute approximate surface area is 128 Å². The Kier molecular flexibility index (Phi) is 7.31. The van der Waals surface area contributed by atoms with Crippen LogP contribution in [0.5, 0.6) is 0 Å². The van der Waals surface area contributed by atoms with E-state index in [9.17, 15) is 0 Å². The van der Waals surface area contributed by atoms with Crippen molar-refractivity contribution < 1.29 is 0 Å². The minimum atomic E-state index is 0.624. The molecule has 2 rings (SSSR count). The molecule has 0 heterocycles. The zero-order chi connectivity index (χ0) is 13.2. The molecule has 0 amide bonds. The summed E-state index contributed by atoms with van der Waals surface area (Å²) in [5.74, 6) is 0. The maximum absolute atomic E-state index is 3.56. The first kappa shape index (κ1) is 14.8. The monoisotopic (exact) mass is 385 g/mol. The topological polar surface area (TPSA) is 12.0 Å². The van der Waals surface area contributed by atoms with Crippen molar-refractivity contribution >= 4 is 38.8 Å². The van der Waals surface area contributed by atoms with E-state index in [1.54, 1.807) is 0 Å². The van der Waals surface area contributed by atoms with Crippen LogP contribution in [0, 0.1) is 0 Å². The van der Waals surface area contributed by atoms with Gasteiger partial charge in [0.15, 0.2) is 0 Å². The molecule has 0 aliphatic rings. The van der Waals surface area contributed by atoms with Crippen molar-refractivity contribution in [3.8, 4) is 0 Å². The Morgan fingerprint density at radius 2 is 1.05 bits per heavy atom. The molecule has 0 atom stereocenters. The summed E-state index contributed by atoms with van der Waals surface area (Å²) in [6.45, 7) is 2.31. The van der Waals surface area contributed by atoms with Gasteiger partial charge in [-0.1, -0.05) is 0 Å². The Morgan fingerprint density at radius 1 is 0.632 bits per heavy atom. The molecule has 100 valence electrons. The summed E-state index contributed by atoms with van der Waals surface area (Å²) in [5, 5.41) is 6.13. The number of hydrogen-bond acceptors (Lipinski definition) is 1. The molecule has 0 aliphatic carbocycles. The summed E-state index contributed by atoms with van der Waals surface area (Å²) in [5.41, 5.74) is 0. The molecule has 2 aromatic rings. The van der Waals surface area contributed by atoms with E-state index in [1.807, 2.05) is 0 Å². The van der Waals surface area contributed by atoms with Crippen LogP contribution in [0.4, 0.5) is 0 Å². The predicted octanol–water partition coefficient (Wildman–Crippen LogP) is 1.47. The molecule has 0 saturated heterocycles. The summed E-state index contributed by atoms with van der Waals surface area (Å²) in [6, 6.07) is 21.6. The van der Waals surface area contributed by atoms with Crippen molar-refractivity contribution in [3.63, 3.8) is 0 Å². The number of hydrogen-bond donors (Lipinski definition) is 1. The quantitative estimate of drug-likeness (QED) is 0.538. The van der Waals surface area contributed by atoms with Crippen molar-refractivity contribution in [2.45, 2.75) is 10.6 Å². The Balaban J connectivity index is 1.49. The molecule has 0 bridgehead atoms. The second kappa shape index (κ2) is 9.36. The van der Waals surface area contributed by atoms with E-state index in [2.05, 4.69) is 66.0 Å². The van der Waals surface area contributed by atoms with E-state index in [0.717, 1.165) is 13.1 Å². The molecule has 3 heteroatoms. The number of rotatable bonds is 8. The number of benzene rings is 2. The normalized spacial score (nSPS) is 10.5. The molecule has 2 aromatic carbocycles. The summed E-state index contributed by atoms with van der Waals surface area (Å²) in [7, 11) is 0. The fraction of sp³-hybridized carbons (Fsp3) is 0.250. The van der Waals surface area contributed by atoms with Gasteiger partial charge in [-0.05, 0) is 0 Å². The molecular formula is C16H19NSe2. The first-order chi connectivity index (χ1) is 9.45. The zero-order valence-corrected chi connectivity index (χ0v) is 14.3. The van der Waals surface area contributed by atoms with E-state index in [1.165, 1.54) is 19.6 Å². The van der Waals surface area contributed by atoms with Gasteiger partial charge < -0.3 is 0 Å². The predicted molar refractivity (Wildman–Crippen MR) is 86.1 cm³/mol. The van der Waals surface area contributed by atoms with Gasteiger partial charge in [0.05, 0.1) is 0 Å². The first-order valence-corrected chi connectivity index (χ1v) is 10.6. The standard InChI is InChI=1S/C16H19NSe2/c1-3-7-15(8-4-1)18-13-11-17-12-14-19-16-9-5-2-6-10-16/h1-10,17H,11-14H2. The van der Waals surface area contributed by atoms with Crippen molar-refractivity contribution in [1.82, 2.24) is 5.32 Å². The van der Waals surface area contributed by atoms with Gasteiger partial charge in [0.25, 0.3) is 0 Å². The van der Waals surface area contributed by atoms with Gasteiger partial charge in [-0.25, -0.2) is 0 Å². The van der Waals surface area contributed by atoms with Crippen molar-refractivity contribution in [2.24, 2.45) is 0 Å². The Hall–Kier alpha value is -0.561. The molecule has 1 N–H and O–H groups in total. The van der Waals surface area contributed by atoms with Gasteiger partial charge >= 0.3 is 129 Å². The summed E-state index contributed by atoms with van der Waals surface area (Å²) in [6.07, 6.45) is 0. The molecule has 0 aromatic heterocycles. The van der Waals surface area contributed by atoms with Crippen LogP contribution >= 0.6 is 0 Å². The Morgan fingerprint density at radius 3 is 1.47 bits per heavy atom. The molecule has 0 aliphatic heterocycles. The van der Waals surface area contributed by atoms with E-state index in [4.69, 9.17) is 0 Å². The molecule has 0 spiro atoms. The van der Waals surface area contributed by atoms with Crippen LogP contribution in [0.25, 0.3) is 0 Å². The van der Waals surface area contributed by atoms with E-state index < -0.39 is 0 Å². The van der Waals surface area contributed by atoms with Crippen LogP contribution in [0.2, 0.25) is 10.6 Å². The second-order valence-electron chi connectivity index (χ2n) is 4.07. The van der Waals surface area contributed by atoms with Crippen molar-refractivity contribution in [3.05, 3.63) is 60.7 Å². The van der Waals surface area contributed by atoms with Crippen LogP contribution in [0.3, 0.4) is 0 Å². The van der Waals surface area contributed by atoms with Crippen LogP contribution in [0.1, 0.15) is 0 Å². The summed E-state index contributed by atoms with van der Waals surface area (Å²) in [4.78, 5) is 0. The van der Waals surface area contributed by atoms with E-state index >= 15 is 0 Å². The Bertz CT molecular complexity index is 401. The molecule has 0 saturated carbocycles. The van der Waals surface area contributed by atoms with Crippen LogP contribution in [-0.2, 0) is 0 Å². The van der Waals surface area contributed by atoms with E-state index in [-0.39, 0.29) is 0 Å². The first-order valence-electron chi connectivity index (χ1n) is 6.51. The molecule has 1 nitrogen and oxygen atoms in total. The van der Waals surface area contributed by atoms with Crippen molar-refractivity contribution in [2.75, 3.05) is 13.1 Å². The summed E-state index contributed by atoms with van der Waals surface area (Å²) >= 11 is 1.25. The third-order valence-corrected chi connectivity index (χ3v) is 6.84. The fourth-order valence-corrected chi connectivity index (χ4v) is 5.13. The maximum atomic E-state index is 3.56. The average Bonchev–Trinajstić information content (AvgIpc) is 2.48. The third kappa shape index (κ3) is 6.42. The van der Waals surface area contributed by atoms with Crippen LogP contribution in [-0.4, -0.2) is 43.0 Å². The van der Waals surface area contributed by atoms with Gasteiger partial charge in [-0.2, -0.15) is 0 Å².